The Morgan fingerprint density at radius 1 is 1.15 bits per heavy atom. The van der Waals surface area contributed by atoms with Crippen LogP contribution < -0.4 is 10.4 Å². The third-order valence-electron chi connectivity index (χ3n) is 4.12. The van der Waals surface area contributed by atoms with Crippen molar-refractivity contribution in [2.75, 3.05) is 7.11 Å². The van der Waals surface area contributed by atoms with Crippen LogP contribution in [0.4, 0.5) is 0 Å². The van der Waals surface area contributed by atoms with E-state index in [2.05, 4.69) is 4.74 Å². The lowest BCUT2D eigenvalue weighted by molar-refractivity contribution is -0.147. The first kappa shape index (κ1) is 18.0. The number of fused-ring (bicyclic) bond motifs is 1. The number of hydrogen-bond donors (Lipinski definition) is 0. The summed E-state index contributed by atoms with van der Waals surface area (Å²) in [6, 6.07) is 12.1. The molecule has 0 aliphatic heterocycles. The summed E-state index contributed by atoms with van der Waals surface area (Å²) in [5.74, 6) is -0.0713. The second kappa shape index (κ2) is 7.22. The van der Waals surface area contributed by atoms with Crippen LogP contribution in [-0.2, 0) is 9.53 Å². The highest BCUT2D eigenvalue weighted by Crippen LogP contribution is 2.29. The molecule has 26 heavy (non-hydrogen) atoms. The van der Waals surface area contributed by atoms with Crippen LogP contribution in [0.25, 0.3) is 22.1 Å². The second-order valence-electron chi connectivity index (χ2n) is 5.84. The van der Waals surface area contributed by atoms with E-state index in [0.29, 0.717) is 21.9 Å². The number of rotatable bonds is 4. The molecular weight excluding hydrogens is 356 g/mol. The van der Waals surface area contributed by atoms with Gasteiger partial charge in [0.05, 0.1) is 12.7 Å². The molecule has 0 N–H and O–H groups in total. The van der Waals surface area contributed by atoms with E-state index in [1.807, 2.05) is 6.92 Å². The molecule has 1 atom stereocenters. The molecule has 6 heteroatoms. The molecule has 3 rings (SSSR count). The average molecular weight is 373 g/mol. The molecule has 0 fully saturated rings. The summed E-state index contributed by atoms with van der Waals surface area (Å²) in [6.45, 7) is 3.45. The lowest BCUT2D eigenvalue weighted by Gasteiger charge is -2.13. The average Bonchev–Trinajstić information content (AvgIpc) is 2.62. The maximum atomic E-state index is 12.5. The van der Waals surface area contributed by atoms with Gasteiger partial charge in [0.2, 0.25) is 0 Å². The van der Waals surface area contributed by atoms with Crippen LogP contribution in [0.15, 0.2) is 51.7 Å². The minimum atomic E-state index is -0.765. The van der Waals surface area contributed by atoms with Crippen molar-refractivity contribution in [1.82, 2.24) is 0 Å². The molecule has 0 radical (unpaired) electrons. The molecule has 2 aromatic carbocycles. The molecule has 0 amide bonds. The quantitative estimate of drug-likeness (QED) is 0.502. The van der Waals surface area contributed by atoms with Crippen LogP contribution >= 0.6 is 11.6 Å². The number of aryl methyl sites for hydroxylation is 1. The fraction of sp³-hybridized carbons (Fsp3) is 0.200. The van der Waals surface area contributed by atoms with Crippen LogP contribution in [0.5, 0.6) is 5.75 Å². The van der Waals surface area contributed by atoms with Crippen LogP contribution in [0.1, 0.15) is 12.5 Å². The molecule has 5 nitrogen and oxygen atoms in total. The Labute approximate surface area is 155 Å². The zero-order valence-corrected chi connectivity index (χ0v) is 15.3. The van der Waals surface area contributed by atoms with Gasteiger partial charge in [-0.1, -0.05) is 23.7 Å². The molecule has 1 aromatic heterocycles. The zero-order chi connectivity index (χ0) is 18.8. The highest BCUT2D eigenvalue weighted by molar-refractivity contribution is 6.30. The van der Waals surface area contributed by atoms with Crippen molar-refractivity contribution < 1.29 is 18.7 Å². The predicted molar refractivity (Wildman–Crippen MR) is 99.8 cm³/mol. The predicted octanol–water partition coefficient (Wildman–Crippen LogP) is 4.36. The van der Waals surface area contributed by atoms with Gasteiger partial charge >= 0.3 is 11.6 Å². The number of esters is 1. The molecule has 0 unspecified atom stereocenters. The Balaban J connectivity index is 2.05. The fourth-order valence-corrected chi connectivity index (χ4v) is 2.90. The summed E-state index contributed by atoms with van der Waals surface area (Å²) < 4.78 is 15.7. The van der Waals surface area contributed by atoms with Gasteiger partial charge in [-0.15, -0.1) is 0 Å². The largest absolute Gasteiger partial charge is 0.479 e. The number of carbonyl (C=O) groups is 1. The van der Waals surface area contributed by atoms with Gasteiger partial charge in [0.25, 0.3) is 0 Å². The molecule has 0 bridgehead atoms. The maximum Gasteiger partial charge on any atom is 0.346 e. The van der Waals surface area contributed by atoms with Crippen LogP contribution in [0.2, 0.25) is 5.02 Å². The molecular formula is C20H17ClO5. The van der Waals surface area contributed by atoms with Crippen molar-refractivity contribution in [3.63, 3.8) is 0 Å². The standard InChI is InChI=1S/C20H17ClO5/c1-11-16-9-8-15(25-12(2)19(22)24-3)10-17(16)26-20(23)18(11)13-4-6-14(21)7-5-13/h4-10,12H,1-3H3/t12-/m1/s1. The minimum Gasteiger partial charge on any atom is -0.479 e. The van der Waals surface area contributed by atoms with Crippen molar-refractivity contribution in [2.45, 2.75) is 20.0 Å². The van der Waals surface area contributed by atoms with Crippen LogP contribution in [-0.4, -0.2) is 19.2 Å². The van der Waals surface area contributed by atoms with Crippen molar-refractivity contribution in [3.8, 4) is 16.9 Å². The number of methoxy groups -OCH3 is 1. The summed E-state index contributed by atoms with van der Waals surface area (Å²) in [5.41, 5.74) is 1.97. The number of hydrogen-bond acceptors (Lipinski definition) is 5. The summed E-state index contributed by atoms with van der Waals surface area (Å²) >= 11 is 5.92. The summed E-state index contributed by atoms with van der Waals surface area (Å²) in [6.07, 6.45) is -0.765. The van der Waals surface area contributed by atoms with E-state index in [0.717, 1.165) is 16.5 Å². The zero-order valence-electron chi connectivity index (χ0n) is 14.5. The maximum absolute atomic E-state index is 12.5. The number of benzene rings is 2. The van der Waals surface area contributed by atoms with Crippen molar-refractivity contribution >= 4 is 28.5 Å². The molecule has 0 saturated heterocycles. The molecule has 0 saturated carbocycles. The Morgan fingerprint density at radius 3 is 2.50 bits per heavy atom. The van der Waals surface area contributed by atoms with E-state index in [-0.39, 0.29) is 0 Å². The summed E-state index contributed by atoms with van der Waals surface area (Å²) in [4.78, 5) is 24.0. The Hall–Kier alpha value is -2.79. The highest BCUT2D eigenvalue weighted by atomic mass is 35.5. The number of halogens is 1. The summed E-state index contributed by atoms with van der Waals surface area (Å²) in [7, 11) is 1.29. The monoisotopic (exact) mass is 372 g/mol. The van der Waals surface area contributed by atoms with Crippen molar-refractivity contribution in [3.05, 3.63) is 63.5 Å². The molecule has 0 spiro atoms. The first-order chi connectivity index (χ1) is 12.4. The molecule has 3 aromatic rings. The lowest BCUT2D eigenvalue weighted by Crippen LogP contribution is -2.24. The Kier molecular flexibility index (Phi) is 5.00. The first-order valence-electron chi connectivity index (χ1n) is 7.98. The van der Waals surface area contributed by atoms with Crippen molar-refractivity contribution in [2.24, 2.45) is 0 Å². The van der Waals surface area contributed by atoms with Gasteiger partial charge in [-0.25, -0.2) is 9.59 Å². The lowest BCUT2D eigenvalue weighted by atomic mass is 9.99. The van der Waals surface area contributed by atoms with Gasteiger partial charge in [-0.05, 0) is 49.2 Å². The molecule has 134 valence electrons. The normalized spacial score (nSPS) is 12.0. The highest BCUT2D eigenvalue weighted by Gasteiger charge is 2.17. The van der Waals surface area contributed by atoms with Crippen LogP contribution in [0, 0.1) is 6.92 Å². The van der Waals surface area contributed by atoms with E-state index < -0.39 is 17.7 Å². The second-order valence-corrected chi connectivity index (χ2v) is 6.27. The smallest absolute Gasteiger partial charge is 0.346 e. The first-order valence-corrected chi connectivity index (χ1v) is 8.36. The Morgan fingerprint density at radius 2 is 1.85 bits per heavy atom. The van der Waals surface area contributed by atoms with Gasteiger partial charge in [-0.2, -0.15) is 0 Å². The van der Waals surface area contributed by atoms with E-state index in [1.54, 1.807) is 49.4 Å². The van der Waals surface area contributed by atoms with Gasteiger partial charge < -0.3 is 13.9 Å². The molecule has 1 heterocycles. The van der Waals surface area contributed by atoms with E-state index in [1.165, 1.54) is 7.11 Å². The topological polar surface area (TPSA) is 65.7 Å². The van der Waals surface area contributed by atoms with Gasteiger partial charge in [0.1, 0.15) is 11.3 Å². The van der Waals surface area contributed by atoms with E-state index in [9.17, 15) is 9.59 Å². The number of carbonyl (C=O) groups excluding carboxylic acids is 1. The SMILES string of the molecule is COC(=O)[C@@H](C)Oc1ccc2c(C)c(-c3ccc(Cl)cc3)c(=O)oc2c1. The van der Waals surface area contributed by atoms with Gasteiger partial charge in [-0.3, -0.25) is 0 Å². The molecule has 0 aliphatic rings. The molecule has 0 aliphatic carbocycles. The minimum absolute atomic E-state index is 0.389. The third-order valence-corrected chi connectivity index (χ3v) is 4.37. The van der Waals surface area contributed by atoms with E-state index >= 15 is 0 Å². The van der Waals surface area contributed by atoms with Gasteiger partial charge in [0, 0.05) is 16.5 Å². The number of ether oxygens (including phenoxy) is 2. The van der Waals surface area contributed by atoms with Crippen LogP contribution in [0.3, 0.4) is 0 Å². The summed E-state index contributed by atoms with van der Waals surface area (Å²) in [5, 5.41) is 1.38. The fourth-order valence-electron chi connectivity index (χ4n) is 2.78. The Bertz CT molecular complexity index is 1020. The third kappa shape index (κ3) is 3.44. The van der Waals surface area contributed by atoms with Gasteiger partial charge in [0.15, 0.2) is 6.10 Å². The van der Waals surface area contributed by atoms with E-state index in [4.69, 9.17) is 20.8 Å². The van der Waals surface area contributed by atoms with Crippen molar-refractivity contribution in [1.29, 1.82) is 0 Å².